The maximum Gasteiger partial charge on any atom is 0.252 e. The van der Waals surface area contributed by atoms with Crippen molar-refractivity contribution in [2.24, 2.45) is 5.92 Å². The van der Waals surface area contributed by atoms with Crippen LogP contribution in [0.3, 0.4) is 0 Å². The summed E-state index contributed by atoms with van der Waals surface area (Å²) in [5.74, 6) is 1.23. The monoisotopic (exact) mass is 462 g/mol. The molecule has 0 radical (unpaired) electrons. The lowest BCUT2D eigenvalue weighted by atomic mass is 9.96. The van der Waals surface area contributed by atoms with Crippen molar-refractivity contribution < 1.29 is 22.7 Å². The smallest absolute Gasteiger partial charge is 0.252 e. The minimum Gasteiger partial charge on any atom is -0.486 e. The predicted octanol–water partition coefficient (Wildman–Crippen LogP) is 3.28. The average Bonchev–Trinajstić information content (AvgIpc) is 3.51. The van der Waals surface area contributed by atoms with E-state index in [0.717, 1.165) is 36.3 Å². The van der Waals surface area contributed by atoms with E-state index in [1.54, 1.807) is 17.5 Å². The average molecular weight is 463 g/mol. The Morgan fingerprint density at radius 1 is 1.03 bits per heavy atom. The van der Waals surface area contributed by atoms with Crippen LogP contribution in [-0.2, 0) is 14.8 Å². The lowest BCUT2D eigenvalue weighted by Crippen LogP contribution is -2.46. The van der Waals surface area contributed by atoms with Gasteiger partial charge in [-0.1, -0.05) is 12.1 Å². The first-order valence-corrected chi connectivity index (χ1v) is 13.1. The number of carbonyl (C=O) groups is 1. The minimum atomic E-state index is -3.53. The predicted molar refractivity (Wildman–Crippen MR) is 117 cm³/mol. The first-order valence-electron chi connectivity index (χ1n) is 10.8. The van der Waals surface area contributed by atoms with Crippen LogP contribution >= 0.6 is 11.3 Å². The molecule has 1 aromatic carbocycles. The summed E-state index contributed by atoms with van der Waals surface area (Å²) in [4.78, 5) is 15.4. The lowest BCUT2D eigenvalue weighted by molar-refractivity contribution is -0.137. The number of rotatable bonds is 4. The van der Waals surface area contributed by atoms with E-state index in [9.17, 15) is 13.2 Å². The number of ether oxygens (including phenoxy) is 2. The fourth-order valence-electron chi connectivity index (χ4n) is 4.78. The molecule has 9 heteroatoms. The molecule has 2 aromatic rings. The van der Waals surface area contributed by atoms with Crippen molar-refractivity contribution in [2.45, 2.75) is 35.9 Å². The Hall–Kier alpha value is -2.10. The fraction of sp³-hybridized carbons (Fsp3) is 0.500. The van der Waals surface area contributed by atoms with E-state index < -0.39 is 10.0 Å². The lowest BCUT2D eigenvalue weighted by Gasteiger charge is -2.35. The van der Waals surface area contributed by atoms with Gasteiger partial charge in [-0.05, 0) is 54.8 Å². The van der Waals surface area contributed by atoms with E-state index in [1.165, 1.54) is 15.6 Å². The largest absolute Gasteiger partial charge is 0.486 e. The van der Waals surface area contributed by atoms with Crippen molar-refractivity contribution >= 4 is 27.3 Å². The van der Waals surface area contributed by atoms with E-state index in [-0.39, 0.29) is 24.4 Å². The number of sulfonamides is 1. The van der Waals surface area contributed by atoms with Gasteiger partial charge in [0.25, 0.3) is 10.0 Å². The highest BCUT2D eigenvalue weighted by molar-refractivity contribution is 7.91. The van der Waals surface area contributed by atoms with Gasteiger partial charge >= 0.3 is 0 Å². The van der Waals surface area contributed by atoms with E-state index in [1.807, 2.05) is 23.1 Å². The van der Waals surface area contributed by atoms with Gasteiger partial charge in [-0.15, -0.1) is 11.3 Å². The van der Waals surface area contributed by atoms with Crippen molar-refractivity contribution in [1.29, 1.82) is 0 Å². The number of thiophene rings is 1. The molecule has 2 fully saturated rings. The number of carbonyl (C=O) groups excluding carboxylic acids is 1. The SMILES string of the molecule is O=C([C@H]1CCCN(S(=O)(=O)c2cccs2)C1)N1CCC[C@H]1c1ccc2c(c1)OCCO2. The summed E-state index contributed by atoms with van der Waals surface area (Å²) in [5.41, 5.74) is 1.05. The maximum atomic E-state index is 13.5. The second-order valence-electron chi connectivity index (χ2n) is 8.23. The summed E-state index contributed by atoms with van der Waals surface area (Å²) in [5, 5.41) is 1.77. The van der Waals surface area contributed by atoms with Gasteiger partial charge in [0, 0.05) is 19.6 Å². The maximum absolute atomic E-state index is 13.5. The van der Waals surface area contributed by atoms with Crippen LogP contribution in [0.25, 0.3) is 0 Å². The molecule has 3 aliphatic rings. The highest BCUT2D eigenvalue weighted by Crippen LogP contribution is 2.39. The van der Waals surface area contributed by atoms with E-state index in [0.29, 0.717) is 36.9 Å². The van der Waals surface area contributed by atoms with E-state index in [2.05, 4.69) is 0 Å². The summed E-state index contributed by atoms with van der Waals surface area (Å²) >= 11 is 1.22. The molecule has 31 heavy (non-hydrogen) atoms. The van der Waals surface area contributed by atoms with Crippen LogP contribution < -0.4 is 9.47 Å². The summed E-state index contributed by atoms with van der Waals surface area (Å²) < 4.78 is 39.1. The first kappa shape index (κ1) is 20.8. The molecule has 0 aliphatic carbocycles. The number of fused-ring (bicyclic) bond motifs is 1. The topological polar surface area (TPSA) is 76.2 Å². The number of hydrogen-bond donors (Lipinski definition) is 0. The third kappa shape index (κ3) is 3.94. The molecule has 2 atom stereocenters. The molecule has 3 aliphatic heterocycles. The van der Waals surface area contributed by atoms with Gasteiger partial charge in [0.05, 0.1) is 12.0 Å². The molecule has 4 heterocycles. The van der Waals surface area contributed by atoms with Crippen molar-refractivity contribution in [3.05, 3.63) is 41.3 Å². The number of piperidine rings is 1. The number of amides is 1. The Balaban J connectivity index is 1.33. The number of hydrogen-bond acceptors (Lipinski definition) is 6. The normalized spacial score (nSPS) is 24.3. The van der Waals surface area contributed by atoms with Crippen LogP contribution in [0.1, 0.15) is 37.3 Å². The zero-order valence-corrected chi connectivity index (χ0v) is 18.9. The Labute approximate surface area is 186 Å². The number of benzene rings is 1. The standard InChI is InChI=1S/C22H26N2O5S2/c25-22(17-4-1-9-23(15-17)31(26,27)21-6-3-13-30-21)24-10-2-5-18(24)16-7-8-19-20(14-16)29-12-11-28-19/h3,6-8,13-14,17-18H,1-2,4-5,9-12,15H2/t17-,18-/m0/s1. The molecule has 166 valence electrons. The Kier molecular flexibility index (Phi) is 5.66. The molecule has 1 amide bonds. The summed E-state index contributed by atoms with van der Waals surface area (Å²) in [7, 11) is -3.53. The van der Waals surface area contributed by atoms with Crippen molar-refractivity contribution in [2.75, 3.05) is 32.8 Å². The molecule has 5 rings (SSSR count). The third-order valence-corrected chi connectivity index (χ3v) is 9.55. The van der Waals surface area contributed by atoms with Crippen molar-refractivity contribution in [3.63, 3.8) is 0 Å². The molecule has 2 saturated heterocycles. The summed E-state index contributed by atoms with van der Waals surface area (Å²) in [6, 6.07) is 9.28. The molecular weight excluding hydrogens is 436 g/mol. The molecule has 0 saturated carbocycles. The highest BCUT2D eigenvalue weighted by atomic mass is 32.2. The van der Waals surface area contributed by atoms with Gasteiger partial charge in [-0.3, -0.25) is 4.79 Å². The highest BCUT2D eigenvalue weighted by Gasteiger charge is 2.39. The Bertz CT molecular complexity index is 1050. The summed E-state index contributed by atoms with van der Waals surface area (Å²) in [6.07, 6.45) is 3.26. The van der Waals surface area contributed by atoms with Gasteiger partial charge in [-0.25, -0.2) is 8.42 Å². The molecular formula is C22H26N2O5S2. The van der Waals surface area contributed by atoms with Crippen LogP contribution in [0, 0.1) is 5.92 Å². The van der Waals surface area contributed by atoms with Gasteiger partial charge in [0.1, 0.15) is 17.4 Å². The second kappa shape index (κ2) is 8.44. The zero-order chi connectivity index (χ0) is 21.4. The fourth-order valence-corrected chi connectivity index (χ4v) is 7.45. The molecule has 0 N–H and O–H groups in total. The van der Waals surface area contributed by atoms with Crippen LogP contribution in [0.4, 0.5) is 0 Å². The van der Waals surface area contributed by atoms with Crippen molar-refractivity contribution in [1.82, 2.24) is 9.21 Å². The summed E-state index contributed by atoms with van der Waals surface area (Å²) in [6.45, 7) is 2.50. The van der Waals surface area contributed by atoms with E-state index >= 15 is 0 Å². The quantitative estimate of drug-likeness (QED) is 0.697. The van der Waals surface area contributed by atoms with Crippen LogP contribution in [0.15, 0.2) is 39.9 Å². The molecule has 0 bridgehead atoms. The zero-order valence-electron chi connectivity index (χ0n) is 17.2. The molecule has 1 aromatic heterocycles. The van der Waals surface area contributed by atoms with Crippen molar-refractivity contribution in [3.8, 4) is 11.5 Å². The third-order valence-electron chi connectivity index (χ3n) is 6.31. The number of nitrogens with zero attached hydrogens (tertiary/aromatic N) is 2. The minimum absolute atomic E-state index is 0.00685. The van der Waals surface area contributed by atoms with Gasteiger partial charge in [-0.2, -0.15) is 4.31 Å². The van der Waals surface area contributed by atoms with Gasteiger partial charge < -0.3 is 14.4 Å². The Morgan fingerprint density at radius 2 is 1.84 bits per heavy atom. The molecule has 7 nitrogen and oxygen atoms in total. The van der Waals surface area contributed by atoms with Crippen LogP contribution in [0.5, 0.6) is 11.5 Å². The molecule has 0 spiro atoms. The van der Waals surface area contributed by atoms with E-state index in [4.69, 9.17) is 9.47 Å². The van der Waals surface area contributed by atoms with Crippen LogP contribution in [-0.4, -0.2) is 56.4 Å². The number of likely N-dealkylation sites (tertiary alicyclic amines) is 1. The van der Waals surface area contributed by atoms with Gasteiger partial charge in [0.2, 0.25) is 5.91 Å². The second-order valence-corrected chi connectivity index (χ2v) is 11.3. The van der Waals surface area contributed by atoms with Crippen LogP contribution in [0.2, 0.25) is 0 Å². The van der Waals surface area contributed by atoms with Gasteiger partial charge in [0.15, 0.2) is 11.5 Å². The molecule has 0 unspecified atom stereocenters. The Morgan fingerprint density at radius 3 is 2.65 bits per heavy atom. The first-order chi connectivity index (χ1) is 15.0.